The third-order valence-corrected chi connectivity index (χ3v) is 3.13. The Hall–Kier alpha value is -0.870. The lowest BCUT2D eigenvalue weighted by molar-refractivity contribution is 0.533. The van der Waals surface area contributed by atoms with Crippen LogP contribution in [0.4, 0.5) is 0 Å². The van der Waals surface area contributed by atoms with Crippen LogP contribution in [0.2, 0.25) is 0 Å². The Kier molecular flexibility index (Phi) is 2.84. The molecule has 2 rings (SSSR count). The van der Waals surface area contributed by atoms with Crippen LogP contribution in [0, 0.1) is 5.92 Å². The first-order valence-corrected chi connectivity index (χ1v) is 5.78. The number of hydrogen-bond acceptors (Lipinski definition) is 3. The maximum atomic E-state index is 5.51. The van der Waals surface area contributed by atoms with Crippen LogP contribution in [-0.2, 0) is 6.42 Å². The lowest BCUT2D eigenvalue weighted by atomic mass is 10.0. The minimum atomic E-state index is 0.629. The minimum Gasteiger partial charge on any atom is -0.330 e. The standard InChI is InChI=1S/C10H15N3S/c1-8(2-3-11)6-9-7-13-4-5-14-10(13)12-9/h4-5,7-8H,2-3,6,11H2,1H3. The zero-order valence-electron chi connectivity index (χ0n) is 8.31. The van der Waals surface area contributed by atoms with E-state index in [9.17, 15) is 0 Å². The molecular formula is C10H15N3S. The molecule has 0 saturated carbocycles. The Morgan fingerprint density at radius 3 is 3.21 bits per heavy atom. The molecule has 3 nitrogen and oxygen atoms in total. The number of imidazole rings is 1. The average molecular weight is 209 g/mol. The molecule has 2 aromatic rings. The molecule has 0 fully saturated rings. The zero-order valence-corrected chi connectivity index (χ0v) is 9.13. The zero-order chi connectivity index (χ0) is 9.97. The highest BCUT2D eigenvalue weighted by atomic mass is 32.1. The van der Waals surface area contributed by atoms with Crippen molar-refractivity contribution in [3.05, 3.63) is 23.5 Å². The Morgan fingerprint density at radius 1 is 1.64 bits per heavy atom. The van der Waals surface area contributed by atoms with Gasteiger partial charge in [0.1, 0.15) is 0 Å². The summed E-state index contributed by atoms with van der Waals surface area (Å²) in [6.07, 6.45) is 6.26. The van der Waals surface area contributed by atoms with Gasteiger partial charge < -0.3 is 5.73 Å². The van der Waals surface area contributed by atoms with E-state index in [1.807, 2.05) is 6.20 Å². The molecule has 1 atom stereocenters. The summed E-state index contributed by atoms with van der Waals surface area (Å²) in [6.45, 7) is 2.99. The molecule has 1 unspecified atom stereocenters. The lowest BCUT2D eigenvalue weighted by Crippen LogP contribution is -2.08. The summed E-state index contributed by atoms with van der Waals surface area (Å²) in [6, 6.07) is 0. The van der Waals surface area contributed by atoms with E-state index < -0.39 is 0 Å². The van der Waals surface area contributed by atoms with E-state index in [0.29, 0.717) is 5.92 Å². The molecule has 4 heteroatoms. The Morgan fingerprint density at radius 2 is 2.50 bits per heavy atom. The molecular weight excluding hydrogens is 194 g/mol. The number of nitrogens with two attached hydrogens (primary N) is 1. The highest BCUT2D eigenvalue weighted by molar-refractivity contribution is 7.15. The molecule has 0 aromatic carbocycles. The van der Waals surface area contributed by atoms with E-state index in [0.717, 1.165) is 24.3 Å². The van der Waals surface area contributed by atoms with Gasteiger partial charge in [0, 0.05) is 17.8 Å². The van der Waals surface area contributed by atoms with Crippen molar-refractivity contribution in [2.24, 2.45) is 11.7 Å². The van der Waals surface area contributed by atoms with Crippen molar-refractivity contribution in [1.82, 2.24) is 9.38 Å². The molecule has 0 radical (unpaired) electrons. The SMILES string of the molecule is CC(CCN)Cc1cn2ccsc2n1. The summed E-state index contributed by atoms with van der Waals surface area (Å²) >= 11 is 1.68. The molecule has 2 N–H and O–H groups in total. The van der Waals surface area contributed by atoms with Gasteiger partial charge in [-0.15, -0.1) is 11.3 Å². The normalized spacial score (nSPS) is 13.6. The topological polar surface area (TPSA) is 43.3 Å². The van der Waals surface area contributed by atoms with E-state index in [1.54, 1.807) is 11.3 Å². The lowest BCUT2D eigenvalue weighted by Gasteiger charge is -2.06. The molecule has 0 aliphatic carbocycles. The van der Waals surface area contributed by atoms with Crippen molar-refractivity contribution >= 4 is 16.3 Å². The van der Waals surface area contributed by atoms with Gasteiger partial charge in [-0.2, -0.15) is 0 Å². The molecule has 14 heavy (non-hydrogen) atoms. The fourth-order valence-corrected chi connectivity index (χ4v) is 2.34. The maximum Gasteiger partial charge on any atom is 0.193 e. The van der Waals surface area contributed by atoms with Gasteiger partial charge in [-0.05, 0) is 25.3 Å². The predicted molar refractivity (Wildman–Crippen MR) is 59.6 cm³/mol. The Labute approximate surface area is 87.6 Å². The molecule has 0 saturated heterocycles. The van der Waals surface area contributed by atoms with Crippen LogP contribution in [-0.4, -0.2) is 15.9 Å². The summed E-state index contributed by atoms with van der Waals surface area (Å²) in [7, 11) is 0. The van der Waals surface area contributed by atoms with Crippen molar-refractivity contribution in [3.63, 3.8) is 0 Å². The van der Waals surface area contributed by atoms with E-state index in [1.165, 1.54) is 5.69 Å². The third kappa shape index (κ3) is 1.96. The second-order valence-electron chi connectivity index (χ2n) is 3.71. The van der Waals surface area contributed by atoms with Gasteiger partial charge in [0.25, 0.3) is 0 Å². The van der Waals surface area contributed by atoms with Crippen LogP contribution in [0.15, 0.2) is 17.8 Å². The summed E-state index contributed by atoms with van der Waals surface area (Å²) in [5.41, 5.74) is 6.69. The summed E-state index contributed by atoms with van der Waals surface area (Å²) in [4.78, 5) is 5.62. The highest BCUT2D eigenvalue weighted by Gasteiger charge is 2.06. The van der Waals surface area contributed by atoms with Crippen LogP contribution >= 0.6 is 11.3 Å². The number of nitrogens with zero attached hydrogens (tertiary/aromatic N) is 2. The molecule has 0 aliphatic heterocycles. The monoisotopic (exact) mass is 209 g/mol. The van der Waals surface area contributed by atoms with Gasteiger partial charge >= 0.3 is 0 Å². The van der Waals surface area contributed by atoms with Crippen LogP contribution in [0.5, 0.6) is 0 Å². The summed E-state index contributed by atoms with van der Waals surface area (Å²) in [5.74, 6) is 0.629. The largest absolute Gasteiger partial charge is 0.330 e. The van der Waals surface area contributed by atoms with E-state index in [-0.39, 0.29) is 0 Å². The molecule has 0 bridgehead atoms. The van der Waals surface area contributed by atoms with E-state index in [2.05, 4.69) is 27.9 Å². The molecule has 2 heterocycles. The predicted octanol–water partition coefficient (Wildman–Crippen LogP) is 1.92. The number of thiazole rings is 1. The quantitative estimate of drug-likeness (QED) is 0.836. The summed E-state index contributed by atoms with van der Waals surface area (Å²) < 4.78 is 2.08. The first-order valence-electron chi connectivity index (χ1n) is 4.90. The van der Waals surface area contributed by atoms with Gasteiger partial charge in [-0.25, -0.2) is 4.98 Å². The summed E-state index contributed by atoms with van der Waals surface area (Å²) in [5, 5.41) is 2.05. The van der Waals surface area contributed by atoms with Crippen molar-refractivity contribution in [1.29, 1.82) is 0 Å². The number of fused-ring (bicyclic) bond motifs is 1. The minimum absolute atomic E-state index is 0.629. The van der Waals surface area contributed by atoms with Crippen molar-refractivity contribution in [3.8, 4) is 0 Å². The van der Waals surface area contributed by atoms with Gasteiger partial charge in [0.15, 0.2) is 4.96 Å². The number of aromatic nitrogens is 2. The van der Waals surface area contributed by atoms with E-state index in [4.69, 9.17) is 5.73 Å². The van der Waals surface area contributed by atoms with Crippen LogP contribution < -0.4 is 5.73 Å². The molecule has 0 aliphatic rings. The third-order valence-electron chi connectivity index (χ3n) is 2.36. The first kappa shape index (κ1) is 9.68. The smallest absolute Gasteiger partial charge is 0.193 e. The van der Waals surface area contributed by atoms with Crippen molar-refractivity contribution in [2.75, 3.05) is 6.54 Å². The second-order valence-corrected chi connectivity index (χ2v) is 4.58. The average Bonchev–Trinajstić information content (AvgIpc) is 2.63. The van der Waals surface area contributed by atoms with Crippen LogP contribution in [0.25, 0.3) is 4.96 Å². The van der Waals surface area contributed by atoms with Crippen LogP contribution in [0.3, 0.4) is 0 Å². The Balaban J connectivity index is 2.08. The maximum absolute atomic E-state index is 5.51. The number of hydrogen-bond donors (Lipinski definition) is 1. The van der Waals surface area contributed by atoms with E-state index >= 15 is 0 Å². The molecule has 2 aromatic heterocycles. The Bertz CT molecular complexity index is 376. The molecule has 76 valence electrons. The fraction of sp³-hybridized carbons (Fsp3) is 0.500. The van der Waals surface area contributed by atoms with Gasteiger partial charge in [-0.1, -0.05) is 6.92 Å². The second kappa shape index (κ2) is 4.11. The van der Waals surface area contributed by atoms with Crippen LogP contribution in [0.1, 0.15) is 19.0 Å². The van der Waals surface area contributed by atoms with Crippen molar-refractivity contribution in [2.45, 2.75) is 19.8 Å². The van der Waals surface area contributed by atoms with Gasteiger partial charge in [0.2, 0.25) is 0 Å². The van der Waals surface area contributed by atoms with Gasteiger partial charge in [0.05, 0.1) is 5.69 Å². The number of rotatable bonds is 4. The highest BCUT2D eigenvalue weighted by Crippen LogP contribution is 2.15. The van der Waals surface area contributed by atoms with Crippen molar-refractivity contribution < 1.29 is 0 Å². The fourth-order valence-electron chi connectivity index (χ4n) is 1.62. The van der Waals surface area contributed by atoms with Gasteiger partial charge in [-0.3, -0.25) is 4.40 Å². The molecule has 0 amide bonds. The molecule has 0 spiro atoms. The first-order chi connectivity index (χ1) is 6.79.